The van der Waals surface area contributed by atoms with Crippen LogP contribution in [0.1, 0.15) is 36.8 Å². The molecule has 3 aliphatic heterocycles. The summed E-state index contributed by atoms with van der Waals surface area (Å²) in [6, 6.07) is 7.82. The number of carboxylic acids is 2. The maximum absolute atomic E-state index is 11.2. The van der Waals surface area contributed by atoms with Crippen LogP contribution in [0.2, 0.25) is 0 Å². The number of rotatable bonds is 9. The predicted octanol–water partition coefficient (Wildman–Crippen LogP) is 1.16. The maximum Gasteiger partial charge on any atom is 0.329 e. The lowest BCUT2D eigenvalue weighted by molar-refractivity contribution is -0.159. The Balaban J connectivity index is 1.34. The number of aliphatic carboxylic acids is 2. The summed E-state index contributed by atoms with van der Waals surface area (Å²) in [5, 5.41) is 31.1. The minimum Gasteiger partial charge on any atom is -0.480 e. The summed E-state index contributed by atoms with van der Waals surface area (Å²) in [5.41, 5.74) is 1.93. The average molecular weight is 502 g/mol. The van der Waals surface area contributed by atoms with E-state index in [1.54, 1.807) is 0 Å². The van der Waals surface area contributed by atoms with Crippen LogP contribution < -0.4 is 0 Å². The second-order valence-corrected chi connectivity index (χ2v) is 9.93. The van der Waals surface area contributed by atoms with Gasteiger partial charge in [-0.05, 0) is 25.5 Å². The van der Waals surface area contributed by atoms with Crippen LogP contribution in [0.15, 0.2) is 29.4 Å². The standard InChI is InChI=1S/C25H35N5O6/c1-28-10-12-30(13-11-28)24(26)19-4-2-18(3-5-19)21-14-20(36-27-21)15-25(35-17-23(33)34)6-8-29(9-7-25)16-22(31)32/h2-5,20,26H,6-17H2,1H3,(H,31,32)(H,33,34). The van der Waals surface area contributed by atoms with E-state index in [-0.39, 0.29) is 12.6 Å². The summed E-state index contributed by atoms with van der Waals surface area (Å²) in [6.45, 7) is 4.19. The van der Waals surface area contributed by atoms with Gasteiger partial charge in [0.1, 0.15) is 18.5 Å². The topological polar surface area (TPSA) is 139 Å². The minimum absolute atomic E-state index is 0.0372. The van der Waals surface area contributed by atoms with E-state index in [1.165, 1.54) is 0 Å². The molecule has 0 aromatic heterocycles. The molecular formula is C25H35N5O6. The van der Waals surface area contributed by atoms with Crippen molar-refractivity contribution in [1.82, 2.24) is 14.7 Å². The molecule has 4 rings (SSSR count). The Hall–Kier alpha value is -3.02. The number of piperidine rings is 1. The molecule has 2 fully saturated rings. The number of carboxylic acid groups (broad SMARTS) is 2. The number of carbonyl (C=O) groups is 2. The van der Waals surface area contributed by atoms with Gasteiger partial charge in [0.05, 0.1) is 17.9 Å². The fraction of sp³-hybridized carbons (Fsp3) is 0.600. The molecule has 0 radical (unpaired) electrons. The second kappa shape index (κ2) is 11.4. The van der Waals surface area contributed by atoms with Crippen LogP contribution in [0.5, 0.6) is 0 Å². The van der Waals surface area contributed by atoms with Gasteiger partial charge >= 0.3 is 11.9 Å². The molecule has 36 heavy (non-hydrogen) atoms. The van der Waals surface area contributed by atoms with Crippen LogP contribution in [0.25, 0.3) is 0 Å². The maximum atomic E-state index is 11.2. The molecule has 0 aliphatic carbocycles. The number of piperazine rings is 1. The third-order valence-electron chi connectivity index (χ3n) is 7.27. The van der Waals surface area contributed by atoms with Gasteiger partial charge in [0.2, 0.25) is 0 Å². The van der Waals surface area contributed by atoms with E-state index in [4.69, 9.17) is 25.2 Å². The minimum atomic E-state index is -1.03. The lowest BCUT2D eigenvalue weighted by atomic mass is 9.84. The molecule has 0 amide bonds. The monoisotopic (exact) mass is 501 g/mol. The number of likely N-dealkylation sites (N-methyl/N-ethyl adjacent to an activating group) is 1. The van der Waals surface area contributed by atoms with Crippen LogP contribution in [0.3, 0.4) is 0 Å². The zero-order valence-corrected chi connectivity index (χ0v) is 20.7. The number of nitrogens with one attached hydrogen (secondary N) is 1. The van der Waals surface area contributed by atoms with Crippen molar-refractivity contribution < 1.29 is 29.4 Å². The third kappa shape index (κ3) is 6.59. The summed E-state index contributed by atoms with van der Waals surface area (Å²) in [4.78, 5) is 34.1. The Bertz CT molecular complexity index is 981. The van der Waals surface area contributed by atoms with Crippen molar-refractivity contribution in [2.24, 2.45) is 5.16 Å². The SMILES string of the molecule is CN1CCN(C(=N)c2ccc(C3=NOC(CC4(OCC(=O)O)CCN(CC(=O)O)CC4)C3)cc2)CC1. The largest absolute Gasteiger partial charge is 0.480 e. The van der Waals surface area contributed by atoms with Gasteiger partial charge in [-0.25, -0.2) is 4.79 Å². The molecule has 3 N–H and O–H groups in total. The first-order valence-corrected chi connectivity index (χ1v) is 12.4. The molecule has 3 heterocycles. The first-order chi connectivity index (χ1) is 17.2. The Labute approximate surface area is 210 Å². The Morgan fingerprint density at radius 2 is 1.75 bits per heavy atom. The van der Waals surface area contributed by atoms with E-state index in [0.717, 1.165) is 43.0 Å². The number of benzene rings is 1. The first kappa shape index (κ1) is 26.1. The molecule has 2 saturated heterocycles. The van der Waals surface area contributed by atoms with Gasteiger partial charge in [0.15, 0.2) is 0 Å². The highest BCUT2D eigenvalue weighted by atomic mass is 16.6. The van der Waals surface area contributed by atoms with Gasteiger partial charge in [0.25, 0.3) is 0 Å². The van der Waals surface area contributed by atoms with Crippen molar-refractivity contribution >= 4 is 23.5 Å². The van der Waals surface area contributed by atoms with E-state index in [1.807, 2.05) is 29.2 Å². The number of amidine groups is 1. The number of ether oxygens (including phenoxy) is 1. The van der Waals surface area contributed by atoms with Crippen LogP contribution in [0, 0.1) is 5.41 Å². The normalized spacial score (nSPS) is 22.6. The lowest BCUT2D eigenvalue weighted by Crippen LogP contribution is -2.49. The van der Waals surface area contributed by atoms with E-state index < -0.39 is 24.1 Å². The second-order valence-electron chi connectivity index (χ2n) is 9.93. The molecule has 1 atom stereocenters. The highest BCUT2D eigenvalue weighted by Gasteiger charge is 2.41. The van der Waals surface area contributed by atoms with Crippen LogP contribution in [-0.4, -0.2) is 120 Å². The summed E-state index contributed by atoms with van der Waals surface area (Å²) in [7, 11) is 2.09. The van der Waals surface area contributed by atoms with Gasteiger partial charge in [-0.1, -0.05) is 29.4 Å². The first-order valence-electron chi connectivity index (χ1n) is 12.4. The molecule has 0 bridgehead atoms. The highest BCUT2D eigenvalue weighted by molar-refractivity contribution is 6.02. The number of nitrogens with zero attached hydrogens (tertiary/aromatic N) is 4. The lowest BCUT2D eigenvalue weighted by Gasteiger charge is -2.41. The molecule has 0 spiro atoms. The van der Waals surface area contributed by atoms with Crippen molar-refractivity contribution in [2.45, 2.75) is 37.4 Å². The smallest absolute Gasteiger partial charge is 0.329 e. The zero-order chi connectivity index (χ0) is 25.7. The fourth-order valence-corrected chi connectivity index (χ4v) is 5.09. The highest BCUT2D eigenvalue weighted by Crippen LogP contribution is 2.34. The van der Waals surface area contributed by atoms with Crippen LogP contribution >= 0.6 is 0 Å². The van der Waals surface area contributed by atoms with Crippen LogP contribution in [-0.2, 0) is 19.2 Å². The van der Waals surface area contributed by atoms with Gasteiger partial charge in [-0.15, -0.1) is 0 Å². The summed E-state index contributed by atoms with van der Waals surface area (Å²) in [5.74, 6) is -1.38. The molecular weight excluding hydrogens is 466 g/mol. The summed E-state index contributed by atoms with van der Waals surface area (Å²) < 4.78 is 5.86. The molecule has 1 unspecified atom stereocenters. The summed E-state index contributed by atoms with van der Waals surface area (Å²) in [6.07, 6.45) is 1.88. The van der Waals surface area contributed by atoms with Crippen LogP contribution in [0.4, 0.5) is 0 Å². The number of likely N-dealkylation sites (tertiary alicyclic amines) is 1. The quantitative estimate of drug-likeness (QED) is 0.336. The Kier molecular flexibility index (Phi) is 8.22. The van der Waals surface area contributed by atoms with Crippen molar-refractivity contribution in [1.29, 1.82) is 5.41 Å². The molecule has 11 nitrogen and oxygen atoms in total. The van der Waals surface area contributed by atoms with Crippen molar-refractivity contribution in [2.75, 3.05) is 59.5 Å². The van der Waals surface area contributed by atoms with Gasteiger partial charge in [-0.3, -0.25) is 15.1 Å². The summed E-state index contributed by atoms with van der Waals surface area (Å²) >= 11 is 0. The molecule has 0 saturated carbocycles. The number of hydrogen-bond donors (Lipinski definition) is 3. The van der Waals surface area contributed by atoms with E-state index in [0.29, 0.717) is 44.6 Å². The average Bonchev–Trinajstić information content (AvgIpc) is 3.32. The number of hydrogen-bond acceptors (Lipinski definition) is 8. The van der Waals surface area contributed by atoms with E-state index in [9.17, 15) is 9.59 Å². The number of oxime groups is 1. The molecule has 196 valence electrons. The van der Waals surface area contributed by atoms with E-state index in [2.05, 4.69) is 22.0 Å². The van der Waals surface area contributed by atoms with E-state index >= 15 is 0 Å². The molecule has 1 aromatic carbocycles. The van der Waals surface area contributed by atoms with Crippen molar-refractivity contribution in [3.63, 3.8) is 0 Å². The Morgan fingerprint density at radius 3 is 2.36 bits per heavy atom. The molecule has 11 heteroatoms. The zero-order valence-electron chi connectivity index (χ0n) is 20.7. The van der Waals surface area contributed by atoms with Gasteiger partial charge in [0, 0.05) is 57.7 Å². The fourth-order valence-electron chi connectivity index (χ4n) is 5.09. The van der Waals surface area contributed by atoms with Crippen molar-refractivity contribution in [3.05, 3.63) is 35.4 Å². The Morgan fingerprint density at radius 1 is 1.08 bits per heavy atom. The molecule has 3 aliphatic rings. The third-order valence-corrected chi connectivity index (χ3v) is 7.27. The van der Waals surface area contributed by atoms with Crippen molar-refractivity contribution in [3.8, 4) is 0 Å². The van der Waals surface area contributed by atoms with Gasteiger partial charge in [-0.2, -0.15) is 0 Å². The predicted molar refractivity (Wildman–Crippen MR) is 133 cm³/mol. The van der Waals surface area contributed by atoms with Gasteiger partial charge < -0.3 is 29.6 Å². The molecule has 1 aromatic rings.